The van der Waals surface area contributed by atoms with Crippen molar-refractivity contribution in [2.75, 3.05) is 18.5 Å². The molecule has 3 rings (SSSR count). The maximum absolute atomic E-state index is 12.6. The van der Waals surface area contributed by atoms with Crippen LogP contribution in [0.5, 0.6) is 0 Å². The van der Waals surface area contributed by atoms with E-state index in [0.29, 0.717) is 27.4 Å². The normalized spacial score (nSPS) is 11.0. The molecule has 0 aliphatic rings. The lowest BCUT2D eigenvalue weighted by atomic mass is 9.96. The fourth-order valence-electron chi connectivity index (χ4n) is 2.60. The molecule has 0 unspecified atom stereocenters. The summed E-state index contributed by atoms with van der Waals surface area (Å²) in [5.74, 6) is -0.515. The van der Waals surface area contributed by atoms with E-state index in [-0.39, 0.29) is 23.8 Å². The van der Waals surface area contributed by atoms with Crippen molar-refractivity contribution in [1.82, 2.24) is 15.0 Å². The van der Waals surface area contributed by atoms with Crippen molar-refractivity contribution in [2.45, 2.75) is 0 Å². The first-order valence-corrected chi connectivity index (χ1v) is 8.87. The second-order valence-electron chi connectivity index (χ2n) is 5.95. The summed E-state index contributed by atoms with van der Waals surface area (Å²) in [6.45, 7) is -0.244. The minimum Gasteiger partial charge on any atom is -0.394 e. The number of carbonyl (C=O) groups is 1. The quantitative estimate of drug-likeness (QED) is 0.328. The van der Waals surface area contributed by atoms with Gasteiger partial charge in [-0.2, -0.15) is 0 Å². The molecule has 0 aliphatic heterocycles. The van der Waals surface area contributed by atoms with E-state index in [2.05, 4.69) is 15.8 Å². The number of fused-ring (bicyclic) bond motifs is 1. The Balaban J connectivity index is 2.09. The number of aliphatic hydroxyl groups excluding tert-OH is 1. The highest BCUT2D eigenvalue weighted by Crippen LogP contribution is 2.37. The van der Waals surface area contributed by atoms with Gasteiger partial charge >= 0.3 is 0 Å². The number of amides is 1. The first-order valence-electron chi connectivity index (χ1n) is 8.12. The number of hydroxylamine groups is 1. The third kappa shape index (κ3) is 4.04. The monoisotopic (exact) mass is 406 g/mol. The first kappa shape index (κ1) is 19.5. The third-order valence-electron chi connectivity index (χ3n) is 3.95. The molecule has 1 heterocycles. The van der Waals surface area contributed by atoms with Crippen molar-refractivity contribution in [3.63, 3.8) is 0 Å². The molecule has 140 valence electrons. The van der Waals surface area contributed by atoms with Gasteiger partial charge in [0, 0.05) is 7.05 Å². The summed E-state index contributed by atoms with van der Waals surface area (Å²) in [6.07, 6.45) is 1.61. The maximum Gasteiger partial charge on any atom is 0.277 e. The predicted octanol–water partition coefficient (Wildman–Crippen LogP) is 1.54. The molecule has 3 N–H and O–H groups in total. The van der Waals surface area contributed by atoms with Crippen LogP contribution < -0.4 is 16.3 Å². The minimum absolute atomic E-state index is 0.0278. The lowest BCUT2D eigenvalue weighted by Crippen LogP contribution is -2.26. The van der Waals surface area contributed by atoms with Crippen LogP contribution in [0.2, 0.25) is 10.0 Å². The van der Waals surface area contributed by atoms with E-state index in [9.17, 15) is 4.79 Å². The van der Waals surface area contributed by atoms with Crippen LogP contribution in [-0.2, 0) is 11.9 Å². The number of imidazole rings is 1. The zero-order valence-corrected chi connectivity index (χ0v) is 16.2. The van der Waals surface area contributed by atoms with Crippen LogP contribution in [0.4, 0.5) is 11.4 Å². The van der Waals surface area contributed by atoms with Gasteiger partial charge in [-0.15, -0.1) is 0 Å². The first-order chi connectivity index (χ1) is 12.9. The standard InChI is InChI=1S/C17H17BCl2N4O3/c1-24-8-21-16-13(24)7-10(17(26)23-27-5-4-25)15(14(16)20)22-12-3-2-9(18)6-11(12)19/h2-3,6-8,22,25H,4-5,18H2,1H3,(H,23,26). The smallest absolute Gasteiger partial charge is 0.277 e. The van der Waals surface area contributed by atoms with Crippen molar-refractivity contribution < 1.29 is 14.7 Å². The Labute approximate surface area is 166 Å². The van der Waals surface area contributed by atoms with Crippen LogP contribution in [0.3, 0.4) is 0 Å². The second-order valence-corrected chi connectivity index (χ2v) is 6.73. The van der Waals surface area contributed by atoms with Gasteiger partial charge in [-0.25, -0.2) is 10.5 Å². The number of hydrogen-bond acceptors (Lipinski definition) is 5. The molecule has 1 amide bonds. The SMILES string of the molecule is Bc1ccc(Nc2c(C(=O)NOCCO)cc3c(ncn3C)c2Cl)c(Cl)c1. The molecule has 3 aromatic rings. The molecule has 0 saturated heterocycles. The number of rotatable bonds is 6. The Morgan fingerprint density at radius 2 is 2.15 bits per heavy atom. The largest absolute Gasteiger partial charge is 0.394 e. The number of halogens is 2. The van der Waals surface area contributed by atoms with Crippen LogP contribution in [0.25, 0.3) is 11.0 Å². The lowest BCUT2D eigenvalue weighted by Gasteiger charge is -2.16. The highest BCUT2D eigenvalue weighted by molar-refractivity contribution is 6.40. The number of nitrogens with zero attached hydrogens (tertiary/aromatic N) is 2. The molecule has 0 fully saturated rings. The molecule has 0 aliphatic carbocycles. The summed E-state index contributed by atoms with van der Waals surface area (Å²) in [7, 11) is 3.74. The fraction of sp³-hybridized carbons (Fsp3) is 0.176. The Morgan fingerprint density at radius 3 is 2.85 bits per heavy atom. The van der Waals surface area contributed by atoms with E-state index in [1.807, 2.05) is 13.9 Å². The molecule has 0 saturated carbocycles. The van der Waals surface area contributed by atoms with Gasteiger partial charge in [-0.05, 0) is 18.2 Å². The van der Waals surface area contributed by atoms with Crippen LogP contribution in [0.15, 0.2) is 30.6 Å². The number of aliphatic hydroxyl groups is 1. The van der Waals surface area contributed by atoms with Crippen LogP contribution in [0.1, 0.15) is 10.4 Å². The van der Waals surface area contributed by atoms with Gasteiger partial charge in [-0.3, -0.25) is 9.63 Å². The van der Waals surface area contributed by atoms with E-state index in [0.717, 1.165) is 5.46 Å². The Kier molecular flexibility index (Phi) is 5.91. The van der Waals surface area contributed by atoms with Gasteiger partial charge in [0.25, 0.3) is 5.91 Å². The predicted molar refractivity (Wildman–Crippen MR) is 109 cm³/mol. The summed E-state index contributed by atoms with van der Waals surface area (Å²) in [4.78, 5) is 21.9. The van der Waals surface area contributed by atoms with Gasteiger partial charge in [0.05, 0.1) is 52.0 Å². The molecule has 0 atom stereocenters. The van der Waals surface area contributed by atoms with Crippen LogP contribution in [0, 0.1) is 0 Å². The molecule has 1 aromatic heterocycles. The molecule has 27 heavy (non-hydrogen) atoms. The maximum atomic E-state index is 12.6. The lowest BCUT2D eigenvalue weighted by molar-refractivity contribution is 0.0169. The highest BCUT2D eigenvalue weighted by atomic mass is 35.5. The van der Waals surface area contributed by atoms with Gasteiger partial charge in [-0.1, -0.05) is 34.7 Å². The van der Waals surface area contributed by atoms with Gasteiger partial charge in [0.2, 0.25) is 0 Å². The van der Waals surface area contributed by atoms with Crippen molar-refractivity contribution in [3.05, 3.63) is 46.2 Å². The number of aryl methyl sites for hydroxylation is 1. The van der Waals surface area contributed by atoms with Crippen LogP contribution in [-0.4, -0.2) is 41.6 Å². The van der Waals surface area contributed by atoms with Gasteiger partial charge < -0.3 is 15.0 Å². The van der Waals surface area contributed by atoms with E-state index in [1.54, 1.807) is 36.1 Å². The van der Waals surface area contributed by atoms with Crippen LogP contribution >= 0.6 is 23.2 Å². The van der Waals surface area contributed by atoms with E-state index in [1.165, 1.54) is 0 Å². The molecular weight excluding hydrogens is 390 g/mol. The number of carbonyl (C=O) groups excluding carboxylic acids is 1. The molecule has 7 nitrogen and oxygen atoms in total. The number of nitrogens with one attached hydrogen (secondary N) is 2. The summed E-state index contributed by atoms with van der Waals surface area (Å²) in [5, 5.41) is 12.7. The van der Waals surface area contributed by atoms with E-state index in [4.69, 9.17) is 33.1 Å². The topological polar surface area (TPSA) is 88.4 Å². The average molecular weight is 407 g/mol. The number of hydrogen-bond donors (Lipinski definition) is 3. The van der Waals surface area contributed by atoms with Crippen molar-refractivity contribution in [1.29, 1.82) is 0 Å². The summed E-state index contributed by atoms with van der Waals surface area (Å²) < 4.78 is 1.76. The average Bonchev–Trinajstić information content (AvgIpc) is 3.00. The molecular formula is C17H17BCl2N4O3. The molecule has 0 spiro atoms. The second kappa shape index (κ2) is 8.18. The molecule has 0 radical (unpaired) electrons. The number of aromatic nitrogens is 2. The van der Waals surface area contributed by atoms with Crippen molar-refractivity contribution in [2.24, 2.45) is 7.05 Å². The summed E-state index contributed by atoms with van der Waals surface area (Å²) in [5.41, 5.74) is 5.76. The van der Waals surface area contributed by atoms with E-state index >= 15 is 0 Å². The molecule has 0 bridgehead atoms. The summed E-state index contributed by atoms with van der Waals surface area (Å²) >= 11 is 12.9. The fourth-order valence-corrected chi connectivity index (χ4v) is 3.18. The summed E-state index contributed by atoms with van der Waals surface area (Å²) in [6, 6.07) is 7.17. The Hall–Kier alpha value is -2.26. The molecule has 2 aromatic carbocycles. The molecule has 10 heteroatoms. The van der Waals surface area contributed by atoms with Gasteiger partial charge in [0.1, 0.15) is 13.4 Å². The zero-order valence-electron chi connectivity index (χ0n) is 14.7. The highest BCUT2D eigenvalue weighted by Gasteiger charge is 2.21. The van der Waals surface area contributed by atoms with E-state index < -0.39 is 5.91 Å². The van der Waals surface area contributed by atoms with Crippen molar-refractivity contribution >= 4 is 64.8 Å². The Bertz CT molecular complexity index is 1010. The minimum atomic E-state index is -0.515. The zero-order chi connectivity index (χ0) is 19.6. The van der Waals surface area contributed by atoms with Crippen molar-refractivity contribution in [3.8, 4) is 0 Å². The number of benzene rings is 2. The Morgan fingerprint density at radius 1 is 1.37 bits per heavy atom. The van der Waals surface area contributed by atoms with Gasteiger partial charge in [0.15, 0.2) is 0 Å². The third-order valence-corrected chi connectivity index (χ3v) is 4.63. The number of anilines is 2.